The maximum atomic E-state index is 11.1. The highest BCUT2D eigenvalue weighted by atomic mass is 16.4. The van der Waals surface area contributed by atoms with Gasteiger partial charge in [-0.1, -0.05) is 11.2 Å². The number of hydrogen-bond acceptors (Lipinski definition) is 4. The molecular formula is C12H14N6O2. The van der Waals surface area contributed by atoms with Crippen LogP contribution in [-0.4, -0.2) is 46.3 Å². The Morgan fingerprint density at radius 2 is 2.35 bits per heavy atom. The zero-order valence-electron chi connectivity index (χ0n) is 10.8. The van der Waals surface area contributed by atoms with Crippen molar-refractivity contribution >= 4 is 11.9 Å². The van der Waals surface area contributed by atoms with E-state index in [0.717, 1.165) is 17.9 Å². The van der Waals surface area contributed by atoms with E-state index < -0.39 is 6.09 Å². The summed E-state index contributed by atoms with van der Waals surface area (Å²) in [5, 5.41) is 12.6. The van der Waals surface area contributed by atoms with Gasteiger partial charge in [0, 0.05) is 23.7 Å². The zero-order valence-corrected chi connectivity index (χ0v) is 10.8. The monoisotopic (exact) mass is 274 g/mol. The van der Waals surface area contributed by atoms with Gasteiger partial charge in [0.1, 0.15) is 5.82 Å². The Morgan fingerprint density at radius 1 is 1.50 bits per heavy atom. The van der Waals surface area contributed by atoms with Crippen LogP contribution in [0, 0.1) is 0 Å². The van der Waals surface area contributed by atoms with Gasteiger partial charge in [-0.3, -0.25) is 0 Å². The number of nitrogens with zero attached hydrogens (tertiary/aromatic N) is 6. The van der Waals surface area contributed by atoms with Crippen molar-refractivity contribution < 1.29 is 9.90 Å². The van der Waals surface area contributed by atoms with Gasteiger partial charge in [0.25, 0.3) is 0 Å². The normalized spacial score (nSPS) is 23.8. The smallest absolute Gasteiger partial charge is 0.407 e. The summed E-state index contributed by atoms with van der Waals surface area (Å²) in [6.45, 7) is 1.44. The SMILES string of the molecule is [N-]=[N+]=NCc1cccc(N2C[C@H]3C[C@@H]2CN3C(=O)O)n1. The van der Waals surface area contributed by atoms with Crippen molar-refractivity contribution in [3.8, 4) is 0 Å². The van der Waals surface area contributed by atoms with Crippen LogP contribution in [0.5, 0.6) is 0 Å². The second-order valence-electron chi connectivity index (χ2n) is 5.01. The lowest BCUT2D eigenvalue weighted by Crippen LogP contribution is -2.48. The Balaban J connectivity index is 1.76. The first kappa shape index (κ1) is 12.6. The second kappa shape index (κ2) is 4.90. The van der Waals surface area contributed by atoms with E-state index in [1.165, 1.54) is 4.90 Å². The molecule has 0 spiro atoms. The molecule has 8 heteroatoms. The summed E-state index contributed by atoms with van der Waals surface area (Å²) in [6.07, 6.45) is 0.0105. The fourth-order valence-electron chi connectivity index (χ4n) is 3.00. The Bertz CT molecular complexity index is 585. The number of carbonyl (C=O) groups is 1. The molecule has 1 aromatic heterocycles. The van der Waals surface area contributed by atoms with Crippen LogP contribution >= 0.6 is 0 Å². The Morgan fingerprint density at radius 3 is 3.00 bits per heavy atom. The van der Waals surface area contributed by atoms with E-state index in [0.29, 0.717) is 13.1 Å². The Labute approximate surface area is 115 Å². The van der Waals surface area contributed by atoms with Gasteiger partial charge in [0.15, 0.2) is 0 Å². The molecule has 0 saturated carbocycles. The van der Waals surface area contributed by atoms with Crippen molar-refractivity contribution in [2.45, 2.75) is 25.0 Å². The van der Waals surface area contributed by atoms with Gasteiger partial charge < -0.3 is 14.9 Å². The lowest BCUT2D eigenvalue weighted by atomic mass is 10.2. The maximum Gasteiger partial charge on any atom is 0.407 e. The van der Waals surface area contributed by atoms with Crippen LogP contribution in [-0.2, 0) is 6.54 Å². The van der Waals surface area contributed by atoms with Gasteiger partial charge in [-0.25, -0.2) is 9.78 Å². The van der Waals surface area contributed by atoms with Crippen LogP contribution in [0.2, 0.25) is 0 Å². The largest absolute Gasteiger partial charge is 0.465 e. The molecule has 20 heavy (non-hydrogen) atoms. The molecule has 8 nitrogen and oxygen atoms in total. The van der Waals surface area contributed by atoms with Gasteiger partial charge in [-0.2, -0.15) is 0 Å². The third-order valence-electron chi connectivity index (χ3n) is 3.87. The zero-order chi connectivity index (χ0) is 14.1. The quantitative estimate of drug-likeness (QED) is 0.515. The van der Waals surface area contributed by atoms with Crippen LogP contribution in [0.15, 0.2) is 23.3 Å². The van der Waals surface area contributed by atoms with E-state index in [1.54, 1.807) is 0 Å². The molecular weight excluding hydrogens is 260 g/mol. The molecule has 0 radical (unpaired) electrons. The molecule has 2 aliphatic heterocycles. The predicted octanol–water partition coefficient (Wildman–Crippen LogP) is 1.83. The summed E-state index contributed by atoms with van der Waals surface area (Å²) in [6, 6.07) is 5.85. The molecule has 2 bridgehead atoms. The number of likely N-dealkylation sites (tertiary alicyclic amines) is 1. The van der Waals surface area contributed by atoms with Crippen LogP contribution in [0.3, 0.4) is 0 Å². The van der Waals surface area contributed by atoms with E-state index in [9.17, 15) is 4.79 Å². The minimum absolute atomic E-state index is 0.0556. The molecule has 2 fully saturated rings. The predicted molar refractivity (Wildman–Crippen MR) is 71.4 cm³/mol. The van der Waals surface area contributed by atoms with Crippen LogP contribution in [0.1, 0.15) is 12.1 Å². The summed E-state index contributed by atoms with van der Waals surface area (Å²) in [5.74, 6) is 0.827. The van der Waals surface area contributed by atoms with Gasteiger partial charge in [0.05, 0.1) is 18.6 Å². The number of piperazine rings is 1. The van der Waals surface area contributed by atoms with Crippen molar-refractivity contribution in [3.63, 3.8) is 0 Å². The molecule has 2 aliphatic rings. The molecule has 0 aliphatic carbocycles. The average molecular weight is 274 g/mol. The van der Waals surface area contributed by atoms with Crippen molar-refractivity contribution in [1.82, 2.24) is 9.88 Å². The number of anilines is 1. The Hall–Kier alpha value is -2.47. The number of azide groups is 1. The fraction of sp³-hybridized carbons (Fsp3) is 0.500. The van der Waals surface area contributed by atoms with Gasteiger partial charge in [-0.05, 0) is 24.1 Å². The molecule has 0 aromatic carbocycles. The number of pyridine rings is 1. The highest BCUT2D eigenvalue weighted by Crippen LogP contribution is 2.33. The van der Waals surface area contributed by atoms with Crippen LogP contribution in [0.25, 0.3) is 10.4 Å². The summed E-state index contributed by atoms with van der Waals surface area (Å²) in [4.78, 5) is 21.9. The molecule has 2 saturated heterocycles. The first-order valence-electron chi connectivity index (χ1n) is 6.42. The highest BCUT2D eigenvalue weighted by Gasteiger charge is 2.45. The van der Waals surface area contributed by atoms with Crippen molar-refractivity contribution in [2.24, 2.45) is 5.11 Å². The fourth-order valence-corrected chi connectivity index (χ4v) is 3.00. The van der Waals surface area contributed by atoms with Gasteiger partial charge in [0.2, 0.25) is 0 Å². The molecule has 1 amide bonds. The number of rotatable bonds is 3. The van der Waals surface area contributed by atoms with E-state index >= 15 is 0 Å². The minimum atomic E-state index is -0.845. The summed E-state index contributed by atoms with van der Waals surface area (Å²) >= 11 is 0. The molecule has 1 aromatic rings. The first-order valence-corrected chi connectivity index (χ1v) is 6.42. The Kier molecular flexibility index (Phi) is 3.08. The van der Waals surface area contributed by atoms with Crippen molar-refractivity contribution in [1.29, 1.82) is 0 Å². The molecule has 0 unspecified atom stereocenters. The number of hydrogen-bond donors (Lipinski definition) is 1. The maximum absolute atomic E-state index is 11.1. The lowest BCUT2D eigenvalue weighted by Gasteiger charge is -2.33. The van der Waals surface area contributed by atoms with Crippen LogP contribution < -0.4 is 4.90 Å². The minimum Gasteiger partial charge on any atom is -0.465 e. The number of fused-ring (bicyclic) bond motifs is 2. The summed E-state index contributed by atoms with van der Waals surface area (Å²) < 4.78 is 0. The number of amides is 1. The van der Waals surface area contributed by atoms with Crippen molar-refractivity contribution in [3.05, 3.63) is 34.3 Å². The van der Waals surface area contributed by atoms with E-state index in [4.69, 9.17) is 10.6 Å². The standard InChI is InChI=1S/C12H14N6O2/c13-16-14-5-8-2-1-3-11(15-8)17-6-10-4-9(17)7-18(10)12(19)20/h1-3,9-10H,4-7H2,(H,19,20)/t9-,10-/m1/s1. The lowest BCUT2D eigenvalue weighted by molar-refractivity contribution is 0.137. The molecule has 2 atom stereocenters. The van der Waals surface area contributed by atoms with Crippen molar-refractivity contribution in [2.75, 3.05) is 18.0 Å². The second-order valence-corrected chi connectivity index (χ2v) is 5.01. The molecule has 3 heterocycles. The third kappa shape index (κ3) is 2.10. The van der Waals surface area contributed by atoms with Gasteiger partial charge in [-0.15, -0.1) is 0 Å². The third-order valence-corrected chi connectivity index (χ3v) is 3.87. The van der Waals surface area contributed by atoms with E-state index in [2.05, 4.69) is 19.9 Å². The molecule has 104 valence electrons. The van der Waals surface area contributed by atoms with E-state index in [-0.39, 0.29) is 18.6 Å². The molecule has 1 N–H and O–H groups in total. The number of carboxylic acid groups (broad SMARTS) is 1. The van der Waals surface area contributed by atoms with E-state index in [1.807, 2.05) is 18.2 Å². The summed E-state index contributed by atoms with van der Waals surface area (Å²) in [5.41, 5.74) is 9.06. The van der Waals surface area contributed by atoms with Gasteiger partial charge >= 0.3 is 6.09 Å². The van der Waals surface area contributed by atoms with Crippen LogP contribution in [0.4, 0.5) is 10.6 Å². The average Bonchev–Trinajstić information content (AvgIpc) is 3.05. The first-order chi connectivity index (χ1) is 9.69. The number of aromatic nitrogens is 1. The molecule has 3 rings (SSSR count). The summed E-state index contributed by atoms with van der Waals surface area (Å²) in [7, 11) is 0. The topological polar surface area (TPSA) is 105 Å². The highest BCUT2D eigenvalue weighted by molar-refractivity contribution is 5.67.